The monoisotopic (exact) mass is 434 g/mol. The number of amides is 1. The summed E-state index contributed by atoms with van der Waals surface area (Å²) in [6, 6.07) is 10.3. The molecular formula is C21H26N2O6S. The number of nitrogens with zero attached hydrogens (tertiary/aromatic N) is 1. The summed E-state index contributed by atoms with van der Waals surface area (Å²) in [5.74, 6) is -0.463. The number of carbonyl (C=O) groups is 2. The molecule has 2 aromatic rings. The van der Waals surface area contributed by atoms with Crippen LogP contribution in [0.5, 0.6) is 5.75 Å². The van der Waals surface area contributed by atoms with Crippen molar-refractivity contribution in [1.29, 1.82) is 0 Å². The maximum absolute atomic E-state index is 13.1. The van der Waals surface area contributed by atoms with Gasteiger partial charge in [-0.15, -0.1) is 0 Å². The zero-order valence-corrected chi connectivity index (χ0v) is 18.4. The van der Waals surface area contributed by atoms with Gasteiger partial charge in [-0.05, 0) is 55.3 Å². The Bertz CT molecular complexity index is 1020. The molecule has 0 saturated carbocycles. The second-order valence-corrected chi connectivity index (χ2v) is 8.50. The van der Waals surface area contributed by atoms with Gasteiger partial charge in [0.2, 0.25) is 15.9 Å². The molecule has 0 heterocycles. The van der Waals surface area contributed by atoms with Crippen LogP contribution in [-0.2, 0) is 19.6 Å². The second kappa shape index (κ2) is 9.62. The molecule has 0 fully saturated rings. The highest BCUT2D eigenvalue weighted by molar-refractivity contribution is 7.92. The van der Waals surface area contributed by atoms with Gasteiger partial charge in [0.1, 0.15) is 11.8 Å². The first-order chi connectivity index (χ1) is 14.1. The number of benzene rings is 2. The molecule has 0 spiro atoms. The number of ether oxygens (including phenoxy) is 2. The Morgan fingerprint density at radius 1 is 1.10 bits per heavy atom. The van der Waals surface area contributed by atoms with Crippen molar-refractivity contribution >= 4 is 33.3 Å². The van der Waals surface area contributed by atoms with Gasteiger partial charge in [0.15, 0.2) is 0 Å². The summed E-state index contributed by atoms with van der Waals surface area (Å²) in [5.41, 5.74) is 1.60. The third-order valence-electron chi connectivity index (χ3n) is 4.65. The number of hydrogen-bond acceptors (Lipinski definition) is 6. The van der Waals surface area contributed by atoms with E-state index in [0.29, 0.717) is 28.3 Å². The van der Waals surface area contributed by atoms with E-state index in [2.05, 4.69) is 5.32 Å². The fraction of sp³-hybridized carbons (Fsp3) is 0.333. The Morgan fingerprint density at radius 3 is 2.23 bits per heavy atom. The summed E-state index contributed by atoms with van der Waals surface area (Å²) >= 11 is 0. The van der Waals surface area contributed by atoms with Crippen LogP contribution in [0.1, 0.15) is 29.3 Å². The minimum atomic E-state index is -3.76. The van der Waals surface area contributed by atoms with E-state index in [-0.39, 0.29) is 6.42 Å². The van der Waals surface area contributed by atoms with Crippen molar-refractivity contribution in [1.82, 2.24) is 0 Å². The van der Waals surface area contributed by atoms with E-state index in [1.54, 1.807) is 56.3 Å². The molecule has 9 heteroatoms. The highest BCUT2D eigenvalue weighted by Gasteiger charge is 2.32. The van der Waals surface area contributed by atoms with Crippen LogP contribution in [0.25, 0.3) is 0 Å². The third-order valence-corrected chi connectivity index (χ3v) is 5.83. The molecule has 0 aromatic heterocycles. The Labute approximate surface area is 176 Å². The van der Waals surface area contributed by atoms with Gasteiger partial charge >= 0.3 is 5.97 Å². The van der Waals surface area contributed by atoms with Crippen molar-refractivity contribution in [3.8, 4) is 5.75 Å². The van der Waals surface area contributed by atoms with Crippen LogP contribution in [0, 0.1) is 6.92 Å². The van der Waals surface area contributed by atoms with Gasteiger partial charge in [0, 0.05) is 5.69 Å². The molecule has 1 N–H and O–H groups in total. The predicted octanol–water partition coefficient (Wildman–Crippen LogP) is 2.97. The normalized spacial score (nSPS) is 12.0. The number of hydrogen-bond donors (Lipinski definition) is 1. The molecule has 0 radical (unpaired) electrons. The van der Waals surface area contributed by atoms with E-state index in [4.69, 9.17) is 9.47 Å². The molecule has 0 aliphatic carbocycles. The number of anilines is 2. The second-order valence-electron chi connectivity index (χ2n) is 6.64. The van der Waals surface area contributed by atoms with Crippen LogP contribution in [0.15, 0.2) is 42.5 Å². The Kier molecular flexibility index (Phi) is 7.44. The molecule has 0 aliphatic heterocycles. The van der Waals surface area contributed by atoms with E-state index in [9.17, 15) is 18.0 Å². The highest BCUT2D eigenvalue weighted by Crippen LogP contribution is 2.26. The molecule has 162 valence electrons. The van der Waals surface area contributed by atoms with Crippen molar-refractivity contribution in [2.24, 2.45) is 0 Å². The summed E-state index contributed by atoms with van der Waals surface area (Å²) in [4.78, 5) is 25.0. The molecule has 2 rings (SSSR count). The zero-order chi connectivity index (χ0) is 22.5. The van der Waals surface area contributed by atoms with Crippen molar-refractivity contribution in [2.45, 2.75) is 26.3 Å². The molecular weight excluding hydrogens is 408 g/mol. The largest absolute Gasteiger partial charge is 0.497 e. The lowest BCUT2D eigenvalue weighted by Gasteiger charge is -2.30. The third kappa shape index (κ3) is 5.10. The number of nitrogens with one attached hydrogen (secondary N) is 1. The van der Waals surface area contributed by atoms with Gasteiger partial charge in [-0.25, -0.2) is 13.2 Å². The molecule has 0 unspecified atom stereocenters. The van der Waals surface area contributed by atoms with E-state index >= 15 is 0 Å². The quantitative estimate of drug-likeness (QED) is 0.641. The van der Waals surface area contributed by atoms with Gasteiger partial charge < -0.3 is 14.8 Å². The van der Waals surface area contributed by atoms with Gasteiger partial charge in [0.05, 0.1) is 31.7 Å². The summed E-state index contributed by atoms with van der Waals surface area (Å²) in [5, 5.41) is 2.75. The van der Waals surface area contributed by atoms with E-state index < -0.39 is 27.9 Å². The first kappa shape index (κ1) is 23.2. The van der Waals surface area contributed by atoms with Gasteiger partial charge in [-0.3, -0.25) is 9.10 Å². The topological polar surface area (TPSA) is 102 Å². The average molecular weight is 435 g/mol. The molecule has 2 aromatic carbocycles. The van der Waals surface area contributed by atoms with E-state index in [1.165, 1.54) is 14.2 Å². The first-order valence-electron chi connectivity index (χ1n) is 9.26. The Balaban J connectivity index is 2.40. The predicted molar refractivity (Wildman–Crippen MR) is 116 cm³/mol. The van der Waals surface area contributed by atoms with Crippen LogP contribution in [0.2, 0.25) is 0 Å². The number of carbonyl (C=O) groups excluding carboxylic acids is 2. The summed E-state index contributed by atoms with van der Waals surface area (Å²) in [6.07, 6.45) is 1.29. The van der Waals surface area contributed by atoms with Gasteiger partial charge in [-0.2, -0.15) is 0 Å². The van der Waals surface area contributed by atoms with Crippen molar-refractivity contribution < 1.29 is 27.5 Å². The van der Waals surface area contributed by atoms with Crippen LogP contribution in [0.4, 0.5) is 11.4 Å². The SMILES string of the molecule is CC[C@H](C(=O)Nc1cccc(C(=O)OC)c1C)N(c1ccc(OC)cc1)S(C)(=O)=O. The molecule has 1 atom stereocenters. The minimum absolute atomic E-state index is 0.237. The van der Waals surface area contributed by atoms with Crippen LogP contribution < -0.4 is 14.4 Å². The van der Waals surface area contributed by atoms with E-state index in [1.807, 2.05) is 0 Å². The molecule has 30 heavy (non-hydrogen) atoms. The minimum Gasteiger partial charge on any atom is -0.497 e. The fourth-order valence-corrected chi connectivity index (χ4v) is 4.32. The van der Waals surface area contributed by atoms with Gasteiger partial charge in [-0.1, -0.05) is 13.0 Å². The zero-order valence-electron chi connectivity index (χ0n) is 17.6. The lowest BCUT2D eigenvalue weighted by molar-refractivity contribution is -0.117. The molecule has 1 amide bonds. The van der Waals surface area contributed by atoms with Crippen LogP contribution in [-0.4, -0.2) is 46.8 Å². The summed E-state index contributed by atoms with van der Waals surface area (Å²) in [7, 11) is -0.977. The molecule has 0 aliphatic rings. The Morgan fingerprint density at radius 2 is 1.73 bits per heavy atom. The maximum atomic E-state index is 13.1. The van der Waals surface area contributed by atoms with Crippen molar-refractivity contribution in [3.05, 3.63) is 53.6 Å². The molecule has 0 bridgehead atoms. The smallest absolute Gasteiger partial charge is 0.338 e. The number of sulfonamides is 1. The number of rotatable bonds is 8. The Hall–Kier alpha value is -3.07. The summed E-state index contributed by atoms with van der Waals surface area (Å²) in [6.45, 7) is 3.41. The maximum Gasteiger partial charge on any atom is 0.338 e. The van der Waals surface area contributed by atoms with Crippen molar-refractivity contribution in [3.63, 3.8) is 0 Å². The number of methoxy groups -OCH3 is 2. The van der Waals surface area contributed by atoms with Gasteiger partial charge in [0.25, 0.3) is 0 Å². The van der Waals surface area contributed by atoms with Crippen LogP contribution in [0.3, 0.4) is 0 Å². The fourth-order valence-electron chi connectivity index (χ4n) is 3.11. The lowest BCUT2D eigenvalue weighted by Crippen LogP contribution is -2.47. The number of esters is 1. The van der Waals surface area contributed by atoms with Crippen LogP contribution >= 0.6 is 0 Å². The first-order valence-corrected chi connectivity index (χ1v) is 11.1. The molecule has 8 nitrogen and oxygen atoms in total. The average Bonchev–Trinajstić information content (AvgIpc) is 2.72. The summed E-state index contributed by atoms with van der Waals surface area (Å²) < 4.78 is 36.0. The molecule has 0 saturated heterocycles. The lowest BCUT2D eigenvalue weighted by atomic mass is 10.1. The standard InChI is InChI=1S/C21H26N2O6S/c1-6-19(23(30(5,26)27)15-10-12-16(28-3)13-11-15)20(24)22-18-9-7-8-17(14(18)2)21(25)29-4/h7-13,19H,6H2,1-5H3,(H,22,24)/t19-/m1/s1. The van der Waals surface area contributed by atoms with Crippen molar-refractivity contribution in [2.75, 3.05) is 30.1 Å². The van der Waals surface area contributed by atoms with E-state index in [0.717, 1.165) is 10.6 Å². The highest BCUT2D eigenvalue weighted by atomic mass is 32.2.